The minimum absolute atomic E-state index is 0.162. The van der Waals surface area contributed by atoms with E-state index in [0.717, 1.165) is 29.1 Å². The summed E-state index contributed by atoms with van der Waals surface area (Å²) in [5.74, 6) is 0.643. The molecule has 0 spiro atoms. The van der Waals surface area contributed by atoms with E-state index in [2.05, 4.69) is 15.6 Å². The maximum absolute atomic E-state index is 12.0. The van der Waals surface area contributed by atoms with E-state index in [1.54, 1.807) is 12.3 Å². The summed E-state index contributed by atoms with van der Waals surface area (Å²) >= 11 is 0. The summed E-state index contributed by atoms with van der Waals surface area (Å²) in [4.78, 5) is 16.2. The van der Waals surface area contributed by atoms with Gasteiger partial charge in [0.1, 0.15) is 18.1 Å². The van der Waals surface area contributed by atoms with Gasteiger partial charge in [-0.1, -0.05) is 37.3 Å². The van der Waals surface area contributed by atoms with Crippen molar-refractivity contribution in [3.05, 3.63) is 84.2 Å². The summed E-state index contributed by atoms with van der Waals surface area (Å²) in [7, 11) is 0. The van der Waals surface area contributed by atoms with Crippen molar-refractivity contribution in [3.63, 3.8) is 0 Å². The smallest absolute Gasteiger partial charge is 0.269 e. The molecule has 3 aromatic rings. The summed E-state index contributed by atoms with van der Waals surface area (Å²) in [6.07, 6.45) is 2.52. The first kappa shape index (κ1) is 18.5. The van der Waals surface area contributed by atoms with Crippen LogP contribution in [0.5, 0.6) is 5.75 Å². The fourth-order valence-corrected chi connectivity index (χ4v) is 2.50. The van der Waals surface area contributed by atoms with Gasteiger partial charge in [0, 0.05) is 24.1 Å². The van der Waals surface area contributed by atoms with Gasteiger partial charge < -0.3 is 15.4 Å². The number of nitrogens with zero attached hydrogens (tertiary/aromatic N) is 1. The topological polar surface area (TPSA) is 63.2 Å². The third kappa shape index (κ3) is 5.57. The van der Waals surface area contributed by atoms with E-state index in [4.69, 9.17) is 4.74 Å². The van der Waals surface area contributed by atoms with E-state index >= 15 is 0 Å². The number of carbonyl (C=O) groups excluding carboxylic acids is 1. The third-order valence-electron chi connectivity index (χ3n) is 3.92. The largest absolute Gasteiger partial charge is 0.489 e. The lowest BCUT2D eigenvalue weighted by Gasteiger charge is -2.10. The van der Waals surface area contributed by atoms with Gasteiger partial charge in [-0.2, -0.15) is 0 Å². The first-order valence-electron chi connectivity index (χ1n) is 9.02. The summed E-state index contributed by atoms with van der Waals surface area (Å²) in [6.45, 7) is 3.19. The molecule has 0 aliphatic carbocycles. The maximum atomic E-state index is 12.0. The fourth-order valence-electron chi connectivity index (χ4n) is 2.50. The van der Waals surface area contributed by atoms with Crippen LogP contribution in [0.4, 0.5) is 11.4 Å². The quantitative estimate of drug-likeness (QED) is 0.618. The summed E-state index contributed by atoms with van der Waals surface area (Å²) in [6, 6.07) is 21.3. The van der Waals surface area contributed by atoms with Crippen LogP contribution < -0.4 is 15.4 Å². The van der Waals surface area contributed by atoms with Crippen LogP contribution in [-0.2, 0) is 6.61 Å². The van der Waals surface area contributed by atoms with Gasteiger partial charge in [-0.25, -0.2) is 0 Å². The highest BCUT2D eigenvalue weighted by atomic mass is 16.5. The molecule has 0 atom stereocenters. The first-order valence-corrected chi connectivity index (χ1v) is 9.02. The molecule has 0 aliphatic heterocycles. The van der Waals surface area contributed by atoms with E-state index in [-0.39, 0.29) is 5.91 Å². The molecule has 1 amide bonds. The van der Waals surface area contributed by atoms with Gasteiger partial charge in [-0.05, 0) is 48.4 Å². The lowest BCUT2D eigenvalue weighted by Crippen LogP contribution is -2.24. The highest BCUT2D eigenvalue weighted by molar-refractivity contribution is 5.93. The molecule has 0 saturated heterocycles. The van der Waals surface area contributed by atoms with Crippen molar-refractivity contribution in [1.82, 2.24) is 10.3 Å². The van der Waals surface area contributed by atoms with Gasteiger partial charge in [0.25, 0.3) is 5.91 Å². The molecule has 27 heavy (non-hydrogen) atoms. The normalized spacial score (nSPS) is 10.3. The minimum atomic E-state index is -0.162. The number of carbonyl (C=O) groups is 1. The van der Waals surface area contributed by atoms with Crippen LogP contribution in [0.2, 0.25) is 0 Å². The van der Waals surface area contributed by atoms with Crippen LogP contribution in [-0.4, -0.2) is 17.4 Å². The van der Waals surface area contributed by atoms with Crippen molar-refractivity contribution in [3.8, 4) is 5.75 Å². The fraction of sp³-hybridized carbons (Fsp3) is 0.182. The molecule has 138 valence electrons. The molecule has 5 nitrogen and oxygen atoms in total. The van der Waals surface area contributed by atoms with Gasteiger partial charge in [0.05, 0.1) is 0 Å². The molecule has 2 aromatic carbocycles. The van der Waals surface area contributed by atoms with Gasteiger partial charge in [-0.15, -0.1) is 0 Å². The monoisotopic (exact) mass is 361 g/mol. The van der Waals surface area contributed by atoms with Crippen LogP contribution in [0.25, 0.3) is 0 Å². The summed E-state index contributed by atoms with van der Waals surface area (Å²) < 4.78 is 5.79. The Balaban J connectivity index is 1.58. The number of amides is 1. The van der Waals surface area contributed by atoms with E-state index < -0.39 is 0 Å². The second-order valence-corrected chi connectivity index (χ2v) is 6.11. The van der Waals surface area contributed by atoms with Gasteiger partial charge in [0.2, 0.25) is 0 Å². The molecule has 0 saturated carbocycles. The molecular weight excluding hydrogens is 338 g/mol. The third-order valence-corrected chi connectivity index (χ3v) is 3.92. The zero-order valence-corrected chi connectivity index (χ0v) is 15.3. The Labute approximate surface area is 159 Å². The molecule has 0 unspecified atom stereocenters. The van der Waals surface area contributed by atoms with Crippen LogP contribution in [0.1, 0.15) is 29.4 Å². The van der Waals surface area contributed by atoms with E-state index in [0.29, 0.717) is 18.8 Å². The Bertz CT molecular complexity index is 864. The van der Waals surface area contributed by atoms with Crippen molar-refractivity contribution in [2.45, 2.75) is 20.0 Å². The maximum Gasteiger partial charge on any atom is 0.269 e. The van der Waals surface area contributed by atoms with Crippen LogP contribution >= 0.6 is 0 Å². The Morgan fingerprint density at radius 2 is 1.78 bits per heavy atom. The molecule has 1 aromatic heterocycles. The molecule has 0 bridgehead atoms. The number of nitrogens with one attached hydrogen (secondary N) is 2. The van der Waals surface area contributed by atoms with E-state index in [1.165, 1.54) is 0 Å². The lowest BCUT2D eigenvalue weighted by molar-refractivity contribution is 0.0948. The van der Waals surface area contributed by atoms with Crippen molar-refractivity contribution in [2.24, 2.45) is 0 Å². The standard InChI is InChI=1S/C22H23N3O2/c1-2-13-24-22(26)21-15-19(12-14-23-21)25-18-8-10-20(11-9-18)27-16-17-6-4-3-5-7-17/h3-12,14-15H,2,13,16H2,1H3,(H,23,25)(H,24,26). The SMILES string of the molecule is CCCNC(=O)c1cc(Nc2ccc(OCc3ccccc3)cc2)ccn1. The van der Waals surface area contributed by atoms with Crippen LogP contribution in [0, 0.1) is 0 Å². The Morgan fingerprint density at radius 3 is 2.52 bits per heavy atom. The molecule has 0 fully saturated rings. The molecular formula is C22H23N3O2. The second kappa shape index (κ2) is 9.38. The van der Waals surface area contributed by atoms with Crippen molar-refractivity contribution >= 4 is 17.3 Å². The molecule has 0 radical (unpaired) electrons. The van der Waals surface area contributed by atoms with Crippen molar-refractivity contribution < 1.29 is 9.53 Å². The molecule has 5 heteroatoms. The Hall–Kier alpha value is -3.34. The van der Waals surface area contributed by atoms with Gasteiger partial charge >= 0.3 is 0 Å². The number of benzene rings is 2. The summed E-state index contributed by atoms with van der Waals surface area (Å²) in [5.41, 5.74) is 3.25. The number of ether oxygens (including phenoxy) is 1. The molecule has 2 N–H and O–H groups in total. The highest BCUT2D eigenvalue weighted by Crippen LogP contribution is 2.21. The van der Waals surface area contributed by atoms with E-state index in [9.17, 15) is 4.79 Å². The number of aromatic nitrogens is 1. The zero-order valence-electron chi connectivity index (χ0n) is 15.3. The van der Waals surface area contributed by atoms with Crippen molar-refractivity contribution in [2.75, 3.05) is 11.9 Å². The highest BCUT2D eigenvalue weighted by Gasteiger charge is 2.07. The van der Waals surface area contributed by atoms with Gasteiger partial charge in [0.15, 0.2) is 0 Å². The second-order valence-electron chi connectivity index (χ2n) is 6.11. The lowest BCUT2D eigenvalue weighted by atomic mass is 10.2. The molecule has 3 rings (SSSR count). The number of hydrogen-bond acceptors (Lipinski definition) is 4. The zero-order chi connectivity index (χ0) is 18.9. The van der Waals surface area contributed by atoms with Crippen LogP contribution in [0.15, 0.2) is 72.9 Å². The first-order chi connectivity index (χ1) is 13.2. The average molecular weight is 361 g/mol. The number of anilines is 2. The number of pyridine rings is 1. The Kier molecular flexibility index (Phi) is 6.41. The summed E-state index contributed by atoms with van der Waals surface area (Å²) in [5, 5.41) is 6.11. The van der Waals surface area contributed by atoms with Crippen molar-refractivity contribution in [1.29, 1.82) is 0 Å². The predicted octanol–water partition coefficient (Wildman–Crippen LogP) is 4.54. The minimum Gasteiger partial charge on any atom is -0.489 e. The number of rotatable bonds is 8. The predicted molar refractivity (Wildman–Crippen MR) is 107 cm³/mol. The molecule has 1 heterocycles. The molecule has 0 aliphatic rings. The number of hydrogen-bond donors (Lipinski definition) is 2. The average Bonchev–Trinajstić information content (AvgIpc) is 2.72. The van der Waals surface area contributed by atoms with Gasteiger partial charge in [-0.3, -0.25) is 9.78 Å². The Morgan fingerprint density at radius 1 is 1.00 bits per heavy atom. The van der Waals surface area contributed by atoms with E-state index in [1.807, 2.05) is 67.6 Å². The van der Waals surface area contributed by atoms with Crippen LogP contribution in [0.3, 0.4) is 0 Å².